The first-order valence-corrected chi connectivity index (χ1v) is 9.52. The summed E-state index contributed by atoms with van der Waals surface area (Å²) in [4.78, 5) is 12.1. The Morgan fingerprint density at radius 3 is 2.24 bits per heavy atom. The first kappa shape index (κ1) is 19.1. The van der Waals surface area contributed by atoms with Crippen molar-refractivity contribution in [2.24, 2.45) is 0 Å². The molecule has 0 fully saturated rings. The third-order valence-electron chi connectivity index (χ3n) is 3.42. The lowest BCUT2D eigenvalue weighted by Crippen LogP contribution is -2.31. The van der Waals surface area contributed by atoms with E-state index in [0.29, 0.717) is 16.7 Å². The molecule has 7 heteroatoms. The lowest BCUT2D eigenvalue weighted by atomic mass is 10.1. The summed E-state index contributed by atoms with van der Waals surface area (Å²) in [5, 5.41) is 2.73. The molecule has 2 N–H and O–H groups in total. The summed E-state index contributed by atoms with van der Waals surface area (Å²) in [5.41, 5.74) is 1.68. The quantitative estimate of drug-likeness (QED) is 0.793. The Kier molecular flexibility index (Phi) is 6.27. The number of carbonyl (C=O) groups excluding carboxylic acids is 1. The van der Waals surface area contributed by atoms with Crippen molar-refractivity contribution in [1.29, 1.82) is 0 Å². The van der Waals surface area contributed by atoms with Crippen LogP contribution in [0.25, 0.3) is 0 Å². The molecule has 0 bridgehead atoms. The van der Waals surface area contributed by atoms with Crippen molar-refractivity contribution in [2.75, 3.05) is 0 Å². The Hall–Kier alpha value is -2.25. The topological polar surface area (TPSA) is 75.3 Å². The zero-order chi connectivity index (χ0) is 18.4. The van der Waals surface area contributed by atoms with Crippen LogP contribution in [0.2, 0.25) is 0 Å². The van der Waals surface area contributed by atoms with Crippen molar-refractivity contribution < 1.29 is 17.6 Å². The van der Waals surface area contributed by atoms with Crippen LogP contribution in [0.1, 0.15) is 35.3 Å². The van der Waals surface area contributed by atoms with E-state index in [0.717, 1.165) is 0 Å². The van der Waals surface area contributed by atoms with Gasteiger partial charge in [-0.25, -0.2) is 17.5 Å². The van der Waals surface area contributed by atoms with Crippen LogP contribution in [0.3, 0.4) is 0 Å². The molecule has 0 saturated heterocycles. The van der Waals surface area contributed by atoms with Crippen molar-refractivity contribution in [3.63, 3.8) is 0 Å². The Labute approximate surface area is 147 Å². The van der Waals surface area contributed by atoms with E-state index in [4.69, 9.17) is 0 Å². The van der Waals surface area contributed by atoms with Crippen LogP contribution in [0.15, 0.2) is 48.5 Å². The summed E-state index contributed by atoms with van der Waals surface area (Å²) in [6.45, 7) is 3.70. The van der Waals surface area contributed by atoms with Crippen molar-refractivity contribution in [1.82, 2.24) is 10.0 Å². The minimum Gasteiger partial charge on any atom is -0.348 e. The van der Waals surface area contributed by atoms with Gasteiger partial charge in [0.25, 0.3) is 5.91 Å². The van der Waals surface area contributed by atoms with Crippen molar-refractivity contribution in [3.05, 3.63) is 71.0 Å². The lowest BCUT2D eigenvalue weighted by Gasteiger charge is -2.13. The van der Waals surface area contributed by atoms with E-state index in [1.807, 2.05) is 0 Å². The lowest BCUT2D eigenvalue weighted by molar-refractivity contribution is 0.0951. The molecule has 0 aliphatic carbocycles. The monoisotopic (exact) mass is 364 g/mol. The molecule has 25 heavy (non-hydrogen) atoms. The maximum atomic E-state index is 12.9. The molecule has 0 radical (unpaired) electrons. The number of benzene rings is 2. The third-order valence-corrected chi connectivity index (χ3v) is 4.95. The van der Waals surface area contributed by atoms with Crippen LogP contribution in [-0.2, 0) is 22.3 Å². The summed E-state index contributed by atoms with van der Waals surface area (Å²) < 4.78 is 39.7. The second kappa shape index (κ2) is 8.22. The Balaban J connectivity index is 2.08. The van der Waals surface area contributed by atoms with Crippen LogP contribution in [0.5, 0.6) is 0 Å². The van der Waals surface area contributed by atoms with Gasteiger partial charge in [-0.05, 0) is 49.2 Å². The maximum absolute atomic E-state index is 12.9. The van der Waals surface area contributed by atoms with E-state index in [-0.39, 0.29) is 24.2 Å². The number of rotatable bonds is 7. The van der Waals surface area contributed by atoms with Gasteiger partial charge < -0.3 is 5.32 Å². The third kappa shape index (κ3) is 5.95. The highest BCUT2D eigenvalue weighted by Gasteiger charge is 2.15. The van der Waals surface area contributed by atoms with Gasteiger partial charge in [0, 0.05) is 18.2 Å². The van der Waals surface area contributed by atoms with E-state index in [1.54, 1.807) is 38.1 Å². The van der Waals surface area contributed by atoms with Gasteiger partial charge in [0.1, 0.15) is 5.82 Å². The Bertz CT molecular complexity index is 834. The van der Waals surface area contributed by atoms with Crippen LogP contribution < -0.4 is 10.0 Å². The second-order valence-corrected chi connectivity index (χ2v) is 7.74. The molecule has 0 spiro atoms. The molecule has 0 aliphatic rings. The van der Waals surface area contributed by atoms with Gasteiger partial charge in [-0.2, -0.15) is 0 Å². The number of halogens is 1. The van der Waals surface area contributed by atoms with Gasteiger partial charge >= 0.3 is 0 Å². The molecule has 0 atom stereocenters. The molecule has 2 rings (SSSR count). The van der Waals surface area contributed by atoms with Crippen LogP contribution in [0, 0.1) is 5.82 Å². The zero-order valence-corrected chi connectivity index (χ0v) is 14.9. The molecule has 2 aromatic carbocycles. The predicted octanol–water partition coefficient (Wildman–Crippen LogP) is 2.58. The predicted molar refractivity (Wildman–Crippen MR) is 94.9 cm³/mol. The molecule has 5 nitrogen and oxygen atoms in total. The van der Waals surface area contributed by atoms with E-state index in [9.17, 15) is 17.6 Å². The molecule has 0 aliphatic heterocycles. The summed E-state index contributed by atoms with van der Waals surface area (Å²) in [7, 11) is -3.46. The normalized spacial score (nSPS) is 11.5. The smallest absolute Gasteiger partial charge is 0.251 e. The summed E-state index contributed by atoms with van der Waals surface area (Å²) >= 11 is 0. The highest BCUT2D eigenvalue weighted by atomic mass is 32.2. The van der Waals surface area contributed by atoms with Crippen LogP contribution >= 0.6 is 0 Å². The number of sulfonamides is 1. The number of carbonyl (C=O) groups is 1. The summed E-state index contributed by atoms with van der Waals surface area (Å²) in [6, 6.07) is 12.1. The van der Waals surface area contributed by atoms with Gasteiger partial charge in [0.05, 0.1) is 5.75 Å². The number of nitrogens with one attached hydrogen (secondary N) is 2. The fourth-order valence-corrected chi connectivity index (χ4v) is 3.85. The fraction of sp³-hybridized carbons (Fsp3) is 0.278. The minimum atomic E-state index is -3.46. The largest absolute Gasteiger partial charge is 0.348 e. The molecule has 0 saturated carbocycles. The molecular weight excluding hydrogens is 343 g/mol. The molecule has 0 unspecified atom stereocenters. The zero-order valence-electron chi connectivity index (χ0n) is 14.1. The van der Waals surface area contributed by atoms with Gasteiger partial charge in [-0.1, -0.05) is 24.3 Å². The molecule has 0 aromatic heterocycles. The number of hydrogen-bond acceptors (Lipinski definition) is 3. The summed E-state index contributed by atoms with van der Waals surface area (Å²) in [6.07, 6.45) is 0. The fourth-order valence-electron chi connectivity index (χ4n) is 2.36. The van der Waals surface area contributed by atoms with E-state index in [1.165, 1.54) is 24.3 Å². The SMILES string of the molecule is CC(C)NS(=O)(=O)Cc1ccccc1CNC(=O)c1ccc(F)cc1. The standard InChI is InChI=1S/C18H21FN2O3S/c1-13(2)21-25(23,24)12-16-6-4-3-5-15(16)11-20-18(22)14-7-9-17(19)10-8-14/h3-10,13,21H,11-12H2,1-2H3,(H,20,22). The molecule has 2 aromatic rings. The van der Waals surface area contributed by atoms with E-state index in [2.05, 4.69) is 10.0 Å². The maximum Gasteiger partial charge on any atom is 0.251 e. The summed E-state index contributed by atoms with van der Waals surface area (Å²) in [5.74, 6) is -0.920. The van der Waals surface area contributed by atoms with Gasteiger partial charge in [0.2, 0.25) is 10.0 Å². The van der Waals surface area contributed by atoms with Gasteiger partial charge in [-0.3, -0.25) is 4.79 Å². The molecule has 0 heterocycles. The van der Waals surface area contributed by atoms with Crippen molar-refractivity contribution in [3.8, 4) is 0 Å². The Morgan fingerprint density at radius 1 is 1.04 bits per heavy atom. The molecule has 1 amide bonds. The van der Waals surface area contributed by atoms with E-state index < -0.39 is 15.8 Å². The average Bonchev–Trinajstić information content (AvgIpc) is 2.52. The van der Waals surface area contributed by atoms with Crippen molar-refractivity contribution in [2.45, 2.75) is 32.2 Å². The van der Waals surface area contributed by atoms with Gasteiger partial charge in [0.15, 0.2) is 0 Å². The Morgan fingerprint density at radius 2 is 1.64 bits per heavy atom. The second-order valence-electron chi connectivity index (χ2n) is 5.99. The number of hydrogen-bond donors (Lipinski definition) is 2. The first-order valence-electron chi connectivity index (χ1n) is 7.87. The first-order chi connectivity index (χ1) is 11.8. The van der Waals surface area contributed by atoms with Crippen LogP contribution in [0.4, 0.5) is 4.39 Å². The minimum absolute atomic E-state index is 0.159. The van der Waals surface area contributed by atoms with Crippen molar-refractivity contribution >= 4 is 15.9 Å². The van der Waals surface area contributed by atoms with E-state index >= 15 is 0 Å². The number of amides is 1. The van der Waals surface area contributed by atoms with Gasteiger partial charge in [-0.15, -0.1) is 0 Å². The van der Waals surface area contributed by atoms with Crippen LogP contribution in [-0.4, -0.2) is 20.4 Å². The highest BCUT2D eigenvalue weighted by Crippen LogP contribution is 2.13. The average molecular weight is 364 g/mol. The molecule has 134 valence electrons. The molecular formula is C18H21FN2O3S. The highest BCUT2D eigenvalue weighted by molar-refractivity contribution is 7.88.